The quantitative estimate of drug-likeness (QED) is 0.550. The first-order valence-electron chi connectivity index (χ1n) is 8.55. The van der Waals surface area contributed by atoms with Crippen LogP contribution in [0.25, 0.3) is 0 Å². The van der Waals surface area contributed by atoms with Gasteiger partial charge in [0.05, 0.1) is 15.4 Å². The van der Waals surface area contributed by atoms with Crippen molar-refractivity contribution in [2.45, 2.75) is 4.90 Å². The van der Waals surface area contributed by atoms with Gasteiger partial charge in [-0.2, -0.15) is 0 Å². The zero-order chi connectivity index (χ0) is 21.3. The van der Waals surface area contributed by atoms with Crippen LogP contribution in [0.2, 0.25) is 0 Å². The molecule has 2 aromatic carbocycles. The van der Waals surface area contributed by atoms with Crippen molar-refractivity contribution >= 4 is 27.1 Å². The Labute approximate surface area is 165 Å². The fourth-order valence-electron chi connectivity index (χ4n) is 3.13. The van der Waals surface area contributed by atoms with Crippen LogP contribution in [0.4, 0.5) is 20.2 Å². The summed E-state index contributed by atoms with van der Waals surface area (Å²) < 4.78 is 50.2. The molecular weight excluding hydrogens is 408 g/mol. The number of hydrogen-bond donors (Lipinski definition) is 0. The highest BCUT2D eigenvalue weighted by molar-refractivity contribution is 7.90. The highest BCUT2D eigenvalue weighted by Crippen LogP contribution is 2.31. The number of hydrogen-bond acceptors (Lipinski definition) is 6. The van der Waals surface area contributed by atoms with Crippen LogP contribution in [-0.4, -0.2) is 56.6 Å². The van der Waals surface area contributed by atoms with Crippen LogP contribution >= 0.6 is 0 Å². The van der Waals surface area contributed by atoms with Crippen LogP contribution in [0.3, 0.4) is 0 Å². The molecule has 1 amide bonds. The lowest BCUT2D eigenvalue weighted by atomic mass is 10.1. The maximum absolute atomic E-state index is 13.9. The molecule has 0 spiro atoms. The van der Waals surface area contributed by atoms with E-state index in [1.807, 2.05) is 0 Å². The van der Waals surface area contributed by atoms with Crippen molar-refractivity contribution in [2.24, 2.45) is 0 Å². The highest BCUT2D eigenvalue weighted by atomic mass is 32.2. The maximum Gasteiger partial charge on any atom is 0.293 e. The van der Waals surface area contributed by atoms with Gasteiger partial charge >= 0.3 is 0 Å². The predicted octanol–water partition coefficient (Wildman–Crippen LogP) is 2.24. The molecule has 0 aliphatic carbocycles. The summed E-state index contributed by atoms with van der Waals surface area (Å²) in [5.74, 6) is -2.33. The van der Waals surface area contributed by atoms with Gasteiger partial charge < -0.3 is 9.80 Å². The lowest BCUT2D eigenvalue weighted by molar-refractivity contribution is -0.384. The van der Waals surface area contributed by atoms with Crippen LogP contribution in [0.15, 0.2) is 41.3 Å². The Kier molecular flexibility index (Phi) is 5.51. The Morgan fingerprint density at radius 2 is 1.72 bits per heavy atom. The Morgan fingerprint density at radius 1 is 1.07 bits per heavy atom. The summed E-state index contributed by atoms with van der Waals surface area (Å²) in [4.78, 5) is 26.1. The van der Waals surface area contributed by atoms with E-state index >= 15 is 0 Å². The van der Waals surface area contributed by atoms with Gasteiger partial charge in [0.25, 0.3) is 11.6 Å². The van der Waals surface area contributed by atoms with E-state index in [4.69, 9.17) is 0 Å². The zero-order valence-electron chi connectivity index (χ0n) is 15.3. The first-order valence-corrected chi connectivity index (χ1v) is 10.4. The summed E-state index contributed by atoms with van der Waals surface area (Å²) in [5, 5.41) is 11.4. The number of benzene rings is 2. The van der Waals surface area contributed by atoms with E-state index in [1.54, 1.807) is 4.90 Å². The fourth-order valence-corrected chi connectivity index (χ4v) is 3.77. The Hall–Kier alpha value is -3.08. The molecule has 2 aromatic rings. The topological polar surface area (TPSA) is 101 Å². The number of sulfone groups is 1. The molecule has 1 aliphatic rings. The number of piperazine rings is 1. The number of carbonyl (C=O) groups excluding carboxylic acids is 1. The minimum atomic E-state index is -3.60. The molecule has 154 valence electrons. The highest BCUT2D eigenvalue weighted by Gasteiger charge is 2.28. The Morgan fingerprint density at radius 3 is 2.28 bits per heavy atom. The van der Waals surface area contributed by atoms with E-state index in [1.165, 1.54) is 17.0 Å². The largest absolute Gasteiger partial charge is 0.362 e. The third kappa shape index (κ3) is 4.34. The second kappa shape index (κ2) is 7.74. The molecule has 11 heteroatoms. The molecule has 1 fully saturated rings. The van der Waals surface area contributed by atoms with Crippen LogP contribution in [0.1, 0.15) is 10.4 Å². The monoisotopic (exact) mass is 425 g/mol. The van der Waals surface area contributed by atoms with Gasteiger partial charge in [-0.3, -0.25) is 14.9 Å². The van der Waals surface area contributed by atoms with Gasteiger partial charge in [0.1, 0.15) is 17.3 Å². The van der Waals surface area contributed by atoms with Crippen molar-refractivity contribution in [1.29, 1.82) is 0 Å². The van der Waals surface area contributed by atoms with Gasteiger partial charge in [-0.15, -0.1) is 0 Å². The van der Waals surface area contributed by atoms with Crippen molar-refractivity contribution < 1.29 is 26.9 Å². The summed E-state index contributed by atoms with van der Waals surface area (Å²) in [5.41, 5.74) is -0.358. The third-order valence-corrected chi connectivity index (χ3v) is 5.75. The molecule has 0 atom stereocenters. The van der Waals surface area contributed by atoms with E-state index in [2.05, 4.69) is 0 Å². The Balaban J connectivity index is 1.78. The van der Waals surface area contributed by atoms with Crippen molar-refractivity contribution in [3.05, 3.63) is 63.7 Å². The van der Waals surface area contributed by atoms with E-state index in [0.29, 0.717) is 6.07 Å². The normalized spacial score (nSPS) is 14.7. The summed E-state index contributed by atoms with van der Waals surface area (Å²) in [6.07, 6.45) is 0.963. The number of carbonyl (C=O) groups is 1. The lowest BCUT2D eigenvalue weighted by Crippen LogP contribution is -2.49. The van der Waals surface area contributed by atoms with Crippen LogP contribution in [-0.2, 0) is 9.84 Å². The van der Waals surface area contributed by atoms with Crippen molar-refractivity contribution in [1.82, 2.24) is 4.90 Å². The summed E-state index contributed by atoms with van der Waals surface area (Å²) in [7, 11) is -3.60. The van der Waals surface area contributed by atoms with Gasteiger partial charge in [-0.25, -0.2) is 17.2 Å². The number of nitrogens with zero attached hydrogens (tertiary/aromatic N) is 3. The summed E-state index contributed by atoms with van der Waals surface area (Å²) in [6.45, 7) is 0.794. The molecule has 0 unspecified atom stereocenters. The number of anilines is 1. The van der Waals surface area contributed by atoms with E-state index in [9.17, 15) is 32.1 Å². The van der Waals surface area contributed by atoms with Gasteiger partial charge in [-0.1, -0.05) is 0 Å². The van der Waals surface area contributed by atoms with E-state index in [0.717, 1.165) is 24.5 Å². The van der Waals surface area contributed by atoms with Gasteiger partial charge in [0.2, 0.25) is 0 Å². The summed E-state index contributed by atoms with van der Waals surface area (Å²) in [6, 6.07) is 6.38. The number of halogens is 2. The standard InChI is InChI=1S/C18H17F2N3O5S/c1-29(27,28)13-3-5-16(17(11-13)23(25)26)21-6-8-22(9-7-21)18(24)14-4-2-12(19)10-15(14)20/h2-5,10-11H,6-9H2,1H3. The number of nitro groups is 1. The molecule has 3 rings (SSSR count). The van der Waals surface area contributed by atoms with Crippen LogP contribution in [0.5, 0.6) is 0 Å². The molecule has 29 heavy (non-hydrogen) atoms. The molecular formula is C18H17F2N3O5S. The molecule has 1 saturated heterocycles. The van der Waals surface area contributed by atoms with Crippen LogP contribution < -0.4 is 4.90 Å². The molecule has 1 aliphatic heterocycles. The average molecular weight is 425 g/mol. The average Bonchev–Trinajstić information content (AvgIpc) is 2.66. The number of amides is 1. The second-order valence-corrected chi connectivity index (χ2v) is 8.60. The minimum Gasteiger partial charge on any atom is -0.362 e. The lowest BCUT2D eigenvalue weighted by Gasteiger charge is -2.36. The van der Waals surface area contributed by atoms with E-state index < -0.39 is 32.3 Å². The summed E-state index contributed by atoms with van der Waals surface area (Å²) >= 11 is 0. The predicted molar refractivity (Wildman–Crippen MR) is 101 cm³/mol. The number of nitro benzene ring substituents is 1. The van der Waals surface area contributed by atoms with Gasteiger partial charge in [0, 0.05) is 44.6 Å². The second-order valence-electron chi connectivity index (χ2n) is 6.58. The molecule has 8 nitrogen and oxygen atoms in total. The first kappa shape index (κ1) is 20.6. The fraction of sp³-hybridized carbons (Fsp3) is 0.278. The molecule has 0 N–H and O–H groups in total. The molecule has 0 radical (unpaired) electrons. The van der Waals surface area contributed by atoms with Crippen molar-refractivity contribution in [3.63, 3.8) is 0 Å². The first-order chi connectivity index (χ1) is 13.6. The minimum absolute atomic E-state index is 0.159. The third-order valence-electron chi connectivity index (χ3n) is 4.64. The Bertz CT molecular complexity index is 1080. The molecule has 0 bridgehead atoms. The van der Waals surface area contributed by atoms with Crippen LogP contribution in [0, 0.1) is 21.7 Å². The smallest absolute Gasteiger partial charge is 0.293 e. The van der Waals surface area contributed by atoms with Crippen molar-refractivity contribution in [2.75, 3.05) is 37.3 Å². The van der Waals surface area contributed by atoms with Crippen molar-refractivity contribution in [3.8, 4) is 0 Å². The molecule has 1 heterocycles. The molecule has 0 aromatic heterocycles. The molecule has 0 saturated carbocycles. The number of rotatable bonds is 4. The van der Waals surface area contributed by atoms with E-state index in [-0.39, 0.29) is 48.0 Å². The maximum atomic E-state index is 13.9. The van der Waals surface area contributed by atoms with Gasteiger partial charge in [0.15, 0.2) is 9.84 Å². The SMILES string of the molecule is CS(=O)(=O)c1ccc(N2CCN(C(=O)c3ccc(F)cc3F)CC2)c([N+](=O)[O-])c1. The zero-order valence-corrected chi connectivity index (χ0v) is 16.2. The van der Waals surface area contributed by atoms with Gasteiger partial charge in [-0.05, 0) is 24.3 Å².